The number of halogens is 2. The Balaban J connectivity index is 2.96. The van der Waals surface area contributed by atoms with Crippen molar-refractivity contribution in [3.8, 4) is 5.88 Å². The van der Waals surface area contributed by atoms with Crippen molar-refractivity contribution < 1.29 is 18.3 Å². The first kappa shape index (κ1) is 20.3. The third kappa shape index (κ3) is 6.39. The zero-order valence-corrected chi connectivity index (χ0v) is 15.1. The maximum absolute atomic E-state index is 13.3. The number of aryl methyl sites for hydroxylation is 1. The van der Waals surface area contributed by atoms with Crippen LogP contribution in [0.25, 0.3) is 0 Å². The molecular weight excluding hydrogens is 316 g/mol. The van der Waals surface area contributed by atoms with Crippen LogP contribution in [0.5, 0.6) is 5.88 Å². The van der Waals surface area contributed by atoms with Crippen LogP contribution in [0.1, 0.15) is 44.9 Å². The van der Waals surface area contributed by atoms with E-state index in [1.807, 2.05) is 25.8 Å². The predicted octanol–water partition coefficient (Wildman–Crippen LogP) is 4.13. The van der Waals surface area contributed by atoms with E-state index in [2.05, 4.69) is 9.98 Å². The smallest absolute Gasteiger partial charge is 0.269 e. The summed E-state index contributed by atoms with van der Waals surface area (Å²) in [6, 6.07) is 1.34. The summed E-state index contributed by atoms with van der Waals surface area (Å²) >= 11 is 0. The van der Waals surface area contributed by atoms with Crippen LogP contribution in [0.4, 0.5) is 14.5 Å². The topological polar surface area (TPSA) is 47.0 Å². The van der Waals surface area contributed by atoms with Crippen molar-refractivity contribution in [2.45, 2.75) is 46.6 Å². The van der Waals surface area contributed by atoms with E-state index in [4.69, 9.17) is 9.47 Å². The van der Waals surface area contributed by atoms with Crippen LogP contribution in [0.3, 0.4) is 0 Å². The Labute approximate surface area is 142 Å². The highest BCUT2D eigenvalue weighted by Crippen LogP contribution is 2.33. The van der Waals surface area contributed by atoms with Crippen LogP contribution in [0.2, 0.25) is 0 Å². The summed E-state index contributed by atoms with van der Waals surface area (Å²) in [6.45, 7) is 9.18. The van der Waals surface area contributed by atoms with Gasteiger partial charge in [0.1, 0.15) is 6.10 Å². The molecule has 1 heterocycles. The van der Waals surface area contributed by atoms with E-state index in [1.54, 1.807) is 20.2 Å². The molecule has 7 heteroatoms. The van der Waals surface area contributed by atoms with Gasteiger partial charge in [0.05, 0.1) is 29.9 Å². The molecule has 0 aromatic carbocycles. The monoisotopic (exact) mass is 343 g/mol. The summed E-state index contributed by atoms with van der Waals surface area (Å²) < 4.78 is 37.6. The molecule has 24 heavy (non-hydrogen) atoms. The fourth-order valence-electron chi connectivity index (χ4n) is 1.83. The summed E-state index contributed by atoms with van der Waals surface area (Å²) in [5, 5.41) is 0. The lowest BCUT2D eigenvalue weighted by molar-refractivity contribution is 0.0532. The molecule has 0 saturated heterocycles. The summed E-state index contributed by atoms with van der Waals surface area (Å²) in [5.74, 6) is -0.0575. The highest BCUT2D eigenvalue weighted by molar-refractivity contribution is 5.63. The SMILES string of the molecule is CCCOCC(C)Oc1nc(C)c(/N=C\N(C)CC)cc1C(F)F. The minimum atomic E-state index is -2.69. The first-order chi connectivity index (χ1) is 11.4. The Morgan fingerprint density at radius 3 is 2.67 bits per heavy atom. The number of aromatic nitrogens is 1. The van der Waals surface area contributed by atoms with Gasteiger partial charge in [0.2, 0.25) is 5.88 Å². The Morgan fingerprint density at radius 2 is 2.08 bits per heavy atom. The van der Waals surface area contributed by atoms with Gasteiger partial charge in [-0.2, -0.15) is 0 Å². The minimum Gasteiger partial charge on any atom is -0.472 e. The summed E-state index contributed by atoms with van der Waals surface area (Å²) in [5.41, 5.74) is 0.693. The molecule has 0 N–H and O–H groups in total. The fraction of sp³-hybridized carbons (Fsp3) is 0.647. The number of ether oxygens (including phenoxy) is 2. The fourth-order valence-corrected chi connectivity index (χ4v) is 1.83. The lowest BCUT2D eigenvalue weighted by atomic mass is 10.2. The van der Waals surface area contributed by atoms with Crippen LogP contribution in [0, 0.1) is 6.92 Å². The first-order valence-electron chi connectivity index (χ1n) is 8.17. The molecule has 136 valence electrons. The molecule has 0 spiro atoms. The Morgan fingerprint density at radius 1 is 1.38 bits per heavy atom. The van der Waals surface area contributed by atoms with E-state index in [1.165, 1.54) is 6.07 Å². The highest BCUT2D eigenvalue weighted by Gasteiger charge is 2.20. The molecule has 0 aliphatic rings. The zero-order valence-electron chi connectivity index (χ0n) is 15.1. The lowest BCUT2D eigenvalue weighted by Crippen LogP contribution is -2.21. The molecule has 0 fully saturated rings. The minimum absolute atomic E-state index is 0.0575. The maximum atomic E-state index is 13.3. The molecule has 0 bridgehead atoms. The Kier molecular flexibility index (Phi) is 8.60. The molecule has 0 aliphatic carbocycles. The van der Waals surface area contributed by atoms with E-state index in [0.29, 0.717) is 24.6 Å². The molecule has 0 radical (unpaired) electrons. The van der Waals surface area contributed by atoms with Gasteiger partial charge in [-0.1, -0.05) is 6.92 Å². The van der Waals surface area contributed by atoms with Crippen molar-refractivity contribution in [1.29, 1.82) is 0 Å². The Bertz CT molecular complexity index is 539. The van der Waals surface area contributed by atoms with E-state index in [-0.39, 0.29) is 17.5 Å². The zero-order chi connectivity index (χ0) is 18.1. The third-order valence-corrected chi connectivity index (χ3v) is 3.32. The largest absolute Gasteiger partial charge is 0.472 e. The number of nitrogens with zero attached hydrogens (tertiary/aromatic N) is 3. The van der Waals surface area contributed by atoms with Crippen LogP contribution in [-0.4, -0.2) is 49.1 Å². The van der Waals surface area contributed by atoms with Crippen LogP contribution < -0.4 is 4.74 Å². The van der Waals surface area contributed by atoms with E-state index < -0.39 is 6.43 Å². The number of hydrogen-bond acceptors (Lipinski definition) is 4. The van der Waals surface area contributed by atoms with Crippen molar-refractivity contribution in [3.63, 3.8) is 0 Å². The van der Waals surface area contributed by atoms with Gasteiger partial charge in [0, 0.05) is 20.2 Å². The molecule has 0 aliphatic heterocycles. The molecule has 0 saturated carbocycles. The number of aliphatic imine (C=N–C) groups is 1. The van der Waals surface area contributed by atoms with Gasteiger partial charge in [0.25, 0.3) is 6.43 Å². The van der Waals surface area contributed by atoms with E-state index >= 15 is 0 Å². The summed E-state index contributed by atoms with van der Waals surface area (Å²) in [7, 11) is 1.86. The lowest BCUT2D eigenvalue weighted by Gasteiger charge is -2.17. The van der Waals surface area contributed by atoms with Crippen molar-refractivity contribution in [1.82, 2.24) is 9.88 Å². The second kappa shape index (κ2) is 10.2. The van der Waals surface area contributed by atoms with Crippen LogP contribution in [-0.2, 0) is 4.74 Å². The maximum Gasteiger partial charge on any atom is 0.269 e. The molecule has 0 amide bonds. The molecule has 5 nitrogen and oxygen atoms in total. The van der Waals surface area contributed by atoms with E-state index in [9.17, 15) is 8.78 Å². The second-order valence-electron chi connectivity index (χ2n) is 5.61. The average molecular weight is 343 g/mol. The molecule has 1 aromatic rings. The quantitative estimate of drug-likeness (QED) is 0.364. The standard InChI is InChI=1S/C17H27F2N3O2/c1-6-8-23-10-12(3)24-17-14(16(18)19)9-15(13(4)21-17)20-11-22(5)7-2/h9,11-12,16H,6-8,10H2,1-5H3/b20-11-. The van der Waals surface area contributed by atoms with Crippen molar-refractivity contribution >= 4 is 12.0 Å². The van der Waals surface area contributed by atoms with Gasteiger partial charge in [-0.3, -0.25) is 0 Å². The number of pyridine rings is 1. The molecule has 1 unspecified atom stereocenters. The normalized spacial score (nSPS) is 12.8. The van der Waals surface area contributed by atoms with Gasteiger partial charge >= 0.3 is 0 Å². The van der Waals surface area contributed by atoms with Gasteiger partial charge in [0.15, 0.2) is 0 Å². The van der Waals surface area contributed by atoms with Gasteiger partial charge in [-0.15, -0.1) is 0 Å². The van der Waals surface area contributed by atoms with Crippen molar-refractivity contribution in [2.24, 2.45) is 4.99 Å². The first-order valence-corrected chi connectivity index (χ1v) is 8.17. The predicted molar refractivity (Wildman–Crippen MR) is 91.6 cm³/mol. The van der Waals surface area contributed by atoms with Gasteiger partial charge < -0.3 is 14.4 Å². The highest BCUT2D eigenvalue weighted by atomic mass is 19.3. The number of hydrogen-bond donors (Lipinski definition) is 0. The second-order valence-corrected chi connectivity index (χ2v) is 5.61. The molecular formula is C17H27F2N3O2. The van der Waals surface area contributed by atoms with Crippen LogP contribution in [0.15, 0.2) is 11.1 Å². The third-order valence-electron chi connectivity index (χ3n) is 3.32. The van der Waals surface area contributed by atoms with E-state index in [0.717, 1.165) is 13.0 Å². The van der Waals surface area contributed by atoms with Gasteiger partial charge in [-0.05, 0) is 33.3 Å². The van der Waals surface area contributed by atoms with Crippen LogP contribution >= 0.6 is 0 Å². The summed E-state index contributed by atoms with van der Waals surface area (Å²) in [6.07, 6.45) is -0.553. The Hall–Kier alpha value is -1.76. The molecule has 1 atom stereocenters. The molecule has 1 rings (SSSR count). The molecule has 1 aromatic heterocycles. The van der Waals surface area contributed by atoms with Gasteiger partial charge in [-0.25, -0.2) is 18.8 Å². The number of rotatable bonds is 10. The van der Waals surface area contributed by atoms with Crippen molar-refractivity contribution in [3.05, 3.63) is 17.3 Å². The number of alkyl halides is 2. The summed E-state index contributed by atoms with van der Waals surface area (Å²) in [4.78, 5) is 10.2. The average Bonchev–Trinajstić information content (AvgIpc) is 2.53. The van der Waals surface area contributed by atoms with Crippen molar-refractivity contribution in [2.75, 3.05) is 26.8 Å².